The first-order valence-corrected chi connectivity index (χ1v) is 9.33. The van der Waals surface area contributed by atoms with Gasteiger partial charge in [0.05, 0.1) is 18.2 Å². The Morgan fingerprint density at radius 1 is 1.21 bits per heavy atom. The molecule has 4 nitrogen and oxygen atoms in total. The fraction of sp³-hybridized carbons (Fsp3) is 0.450. The summed E-state index contributed by atoms with van der Waals surface area (Å²) in [4.78, 5) is 5.89. The van der Waals surface area contributed by atoms with E-state index in [-0.39, 0.29) is 24.0 Å². The zero-order valence-electron chi connectivity index (χ0n) is 15.7. The second-order valence-corrected chi connectivity index (χ2v) is 7.66. The molecule has 1 aromatic carbocycles. The van der Waals surface area contributed by atoms with Crippen molar-refractivity contribution in [3.63, 3.8) is 0 Å². The van der Waals surface area contributed by atoms with E-state index in [2.05, 4.69) is 9.88 Å². The highest BCUT2D eigenvalue weighted by atomic mass is 35.5. The van der Waals surface area contributed by atoms with E-state index in [1.807, 2.05) is 0 Å². The minimum absolute atomic E-state index is 0. The Labute approximate surface area is 170 Å². The van der Waals surface area contributed by atoms with Crippen molar-refractivity contribution in [2.24, 2.45) is 0 Å². The molecule has 2 aromatic heterocycles. The van der Waals surface area contributed by atoms with E-state index in [9.17, 15) is 17.6 Å². The maximum atomic E-state index is 14.2. The molecule has 2 atom stereocenters. The van der Waals surface area contributed by atoms with Gasteiger partial charge in [0.25, 0.3) is 0 Å². The van der Waals surface area contributed by atoms with E-state index in [1.165, 1.54) is 12.1 Å². The summed E-state index contributed by atoms with van der Waals surface area (Å²) in [6.45, 7) is 4.10. The average Bonchev–Trinajstić information content (AvgIpc) is 3.33. The van der Waals surface area contributed by atoms with E-state index in [0.717, 1.165) is 19.2 Å². The van der Waals surface area contributed by atoms with Crippen LogP contribution >= 0.6 is 12.4 Å². The van der Waals surface area contributed by atoms with Crippen molar-refractivity contribution in [2.75, 3.05) is 19.7 Å². The van der Waals surface area contributed by atoms with E-state index < -0.39 is 17.7 Å². The summed E-state index contributed by atoms with van der Waals surface area (Å²) < 4.78 is 62.5. The highest BCUT2D eigenvalue weighted by Gasteiger charge is 2.39. The van der Waals surface area contributed by atoms with Gasteiger partial charge >= 0.3 is 6.18 Å². The molecule has 2 aliphatic rings. The molecule has 0 aliphatic carbocycles. The molecule has 9 heteroatoms. The lowest BCUT2D eigenvalue weighted by Crippen LogP contribution is -2.38. The van der Waals surface area contributed by atoms with Crippen molar-refractivity contribution in [1.82, 2.24) is 14.5 Å². The molecule has 2 fully saturated rings. The van der Waals surface area contributed by atoms with Crippen LogP contribution in [0.3, 0.4) is 0 Å². The molecule has 2 bridgehead atoms. The van der Waals surface area contributed by atoms with Gasteiger partial charge in [0.15, 0.2) is 5.69 Å². The van der Waals surface area contributed by atoms with Crippen molar-refractivity contribution in [3.05, 3.63) is 41.5 Å². The molecule has 5 rings (SSSR count). The first-order valence-electron chi connectivity index (χ1n) is 9.33. The number of morpholine rings is 1. The molecule has 0 N–H and O–H groups in total. The number of rotatable bonds is 3. The molecular weight excluding hydrogens is 410 g/mol. The molecular formula is C20H20ClF4N3O. The van der Waals surface area contributed by atoms with Crippen LogP contribution in [0.4, 0.5) is 17.6 Å². The van der Waals surface area contributed by atoms with Gasteiger partial charge in [0, 0.05) is 48.2 Å². The van der Waals surface area contributed by atoms with E-state index in [0.29, 0.717) is 47.6 Å². The predicted molar refractivity (Wildman–Crippen MR) is 104 cm³/mol. The third-order valence-corrected chi connectivity index (χ3v) is 5.95. The number of nitrogens with zero attached hydrogens (tertiary/aromatic N) is 3. The van der Waals surface area contributed by atoms with Gasteiger partial charge in [-0.1, -0.05) is 0 Å². The number of benzene rings is 1. The van der Waals surface area contributed by atoms with Gasteiger partial charge in [-0.2, -0.15) is 13.2 Å². The summed E-state index contributed by atoms with van der Waals surface area (Å²) in [5.74, 6) is -0.425. The fourth-order valence-corrected chi connectivity index (χ4v) is 4.59. The van der Waals surface area contributed by atoms with Crippen molar-refractivity contribution in [1.29, 1.82) is 0 Å². The van der Waals surface area contributed by atoms with Crippen molar-refractivity contribution in [2.45, 2.75) is 38.2 Å². The zero-order valence-corrected chi connectivity index (χ0v) is 16.5. The van der Waals surface area contributed by atoms with Crippen molar-refractivity contribution >= 4 is 34.2 Å². The van der Waals surface area contributed by atoms with Crippen LogP contribution in [0.1, 0.15) is 17.7 Å². The second kappa shape index (κ2) is 7.11. The summed E-state index contributed by atoms with van der Waals surface area (Å²) in [5, 5.41) is 0.861. The van der Waals surface area contributed by atoms with Crippen LogP contribution in [0.15, 0.2) is 24.4 Å². The SMILES string of the molecule is Cc1cc2c(cc1F)c1ccnc(C(F)(F)F)c1n2CCN1CC2CC1CO2.Cl. The summed E-state index contributed by atoms with van der Waals surface area (Å²) in [6, 6.07) is 4.82. The Morgan fingerprint density at radius 2 is 2.00 bits per heavy atom. The van der Waals surface area contributed by atoms with Crippen molar-refractivity contribution in [3.8, 4) is 0 Å². The third-order valence-electron chi connectivity index (χ3n) is 5.95. The quantitative estimate of drug-likeness (QED) is 0.572. The lowest BCUT2D eigenvalue weighted by Gasteiger charge is -2.27. The molecule has 0 saturated carbocycles. The van der Waals surface area contributed by atoms with Crippen LogP contribution in [0, 0.1) is 12.7 Å². The standard InChI is InChI=1S/C20H19F4N3O.ClH/c1-11-6-17-15(8-16(11)21)14-2-3-25-19(20(22,23)24)18(14)27(17)5-4-26-9-13-7-12(26)10-28-13;/h2-3,6,8,12-13H,4-5,7,9-10H2,1H3;1H. The molecule has 29 heavy (non-hydrogen) atoms. The lowest BCUT2D eigenvalue weighted by molar-refractivity contribution is -0.140. The van der Waals surface area contributed by atoms with Gasteiger partial charge in [0.2, 0.25) is 0 Å². The lowest BCUT2D eigenvalue weighted by atomic mass is 10.1. The number of aryl methyl sites for hydroxylation is 1. The maximum Gasteiger partial charge on any atom is 0.435 e. The molecule has 2 aliphatic heterocycles. The van der Waals surface area contributed by atoms with Gasteiger partial charge in [-0.05, 0) is 37.1 Å². The first-order chi connectivity index (χ1) is 13.3. The highest BCUT2D eigenvalue weighted by molar-refractivity contribution is 6.09. The molecule has 4 heterocycles. The van der Waals surface area contributed by atoms with Crippen LogP contribution in [-0.4, -0.2) is 46.3 Å². The van der Waals surface area contributed by atoms with Crippen LogP contribution in [0.2, 0.25) is 0 Å². The molecule has 2 unspecified atom stereocenters. The van der Waals surface area contributed by atoms with E-state index in [1.54, 1.807) is 17.6 Å². The summed E-state index contributed by atoms with van der Waals surface area (Å²) in [7, 11) is 0. The predicted octanol–water partition coefficient (Wildman–Crippen LogP) is 4.55. The van der Waals surface area contributed by atoms with Crippen LogP contribution < -0.4 is 0 Å². The molecule has 3 aromatic rings. The molecule has 0 amide bonds. The number of alkyl halides is 3. The Kier molecular flexibility index (Phi) is 4.99. The van der Waals surface area contributed by atoms with Crippen LogP contribution in [0.5, 0.6) is 0 Å². The largest absolute Gasteiger partial charge is 0.435 e. The Bertz CT molecular complexity index is 1080. The minimum atomic E-state index is -4.58. The maximum absolute atomic E-state index is 14.2. The number of hydrogen-bond donors (Lipinski definition) is 0. The molecule has 0 radical (unpaired) electrons. The van der Waals surface area contributed by atoms with Gasteiger partial charge in [-0.3, -0.25) is 4.90 Å². The number of hydrogen-bond acceptors (Lipinski definition) is 3. The number of ether oxygens (including phenoxy) is 1. The monoisotopic (exact) mass is 429 g/mol. The van der Waals surface area contributed by atoms with Crippen LogP contribution in [-0.2, 0) is 17.5 Å². The van der Waals surface area contributed by atoms with E-state index >= 15 is 0 Å². The zero-order chi connectivity index (χ0) is 19.6. The van der Waals surface area contributed by atoms with Gasteiger partial charge in [-0.15, -0.1) is 12.4 Å². The second-order valence-electron chi connectivity index (χ2n) is 7.66. The van der Waals surface area contributed by atoms with Crippen molar-refractivity contribution < 1.29 is 22.3 Å². The minimum Gasteiger partial charge on any atom is -0.375 e. The Balaban J connectivity index is 0.00000205. The molecule has 2 saturated heterocycles. The molecule has 156 valence electrons. The van der Waals surface area contributed by atoms with Gasteiger partial charge in [0.1, 0.15) is 5.82 Å². The smallest absolute Gasteiger partial charge is 0.375 e. The number of fused-ring (bicyclic) bond motifs is 5. The number of halogens is 5. The molecule has 0 spiro atoms. The summed E-state index contributed by atoms with van der Waals surface area (Å²) >= 11 is 0. The number of pyridine rings is 1. The summed E-state index contributed by atoms with van der Waals surface area (Å²) in [5.41, 5.74) is 0.112. The van der Waals surface area contributed by atoms with Gasteiger partial charge < -0.3 is 9.30 Å². The topological polar surface area (TPSA) is 30.3 Å². The Hall–Kier alpha value is -1.90. The van der Waals surface area contributed by atoms with E-state index in [4.69, 9.17) is 4.74 Å². The normalized spacial score (nSPS) is 22.0. The third kappa shape index (κ3) is 3.27. The van der Waals surface area contributed by atoms with Gasteiger partial charge in [-0.25, -0.2) is 9.37 Å². The highest BCUT2D eigenvalue weighted by Crippen LogP contribution is 2.38. The Morgan fingerprint density at radius 3 is 2.66 bits per heavy atom. The van der Waals surface area contributed by atoms with Crippen LogP contribution in [0.25, 0.3) is 21.8 Å². The summed E-state index contributed by atoms with van der Waals surface area (Å²) in [6.07, 6.45) is -2.23. The average molecular weight is 430 g/mol. The number of likely N-dealkylation sites (tertiary alicyclic amines) is 1. The fourth-order valence-electron chi connectivity index (χ4n) is 4.59. The first kappa shape index (κ1) is 20.4. The number of aromatic nitrogens is 2.